The van der Waals surface area contributed by atoms with Crippen LogP contribution in [0.1, 0.15) is 28.8 Å². The lowest BCUT2D eigenvalue weighted by Crippen LogP contribution is -2.34. The van der Waals surface area contributed by atoms with Crippen LogP contribution in [-0.4, -0.2) is 37.7 Å². The van der Waals surface area contributed by atoms with Gasteiger partial charge in [-0.25, -0.2) is 4.79 Å². The van der Waals surface area contributed by atoms with Crippen LogP contribution >= 0.6 is 0 Å². The molecule has 0 bridgehead atoms. The normalized spacial score (nSPS) is 15.7. The lowest BCUT2D eigenvalue weighted by molar-refractivity contribution is -0.124. The Balaban J connectivity index is 1.65. The predicted octanol–water partition coefficient (Wildman–Crippen LogP) is 2.68. The van der Waals surface area contributed by atoms with Gasteiger partial charge in [0, 0.05) is 18.7 Å². The Bertz CT molecular complexity index is 866. The Morgan fingerprint density at radius 3 is 2.63 bits per heavy atom. The third kappa shape index (κ3) is 4.72. The molecule has 1 N–H and O–H groups in total. The van der Waals surface area contributed by atoms with Crippen LogP contribution in [0.2, 0.25) is 0 Å². The van der Waals surface area contributed by atoms with Gasteiger partial charge in [0.1, 0.15) is 0 Å². The van der Waals surface area contributed by atoms with Gasteiger partial charge in [0.2, 0.25) is 0 Å². The molecule has 0 unspecified atom stereocenters. The minimum atomic E-state index is -0.606. The summed E-state index contributed by atoms with van der Waals surface area (Å²) in [7, 11) is 0. The molecule has 0 spiro atoms. The number of ether oxygens (including phenoxy) is 2. The molecule has 6 heteroatoms. The first-order valence-corrected chi connectivity index (χ1v) is 8.83. The summed E-state index contributed by atoms with van der Waals surface area (Å²) in [4.78, 5) is 24.4. The number of hydrogen-bond donors (Lipinski definition) is 1. The van der Waals surface area contributed by atoms with Gasteiger partial charge in [0.05, 0.1) is 23.3 Å². The lowest BCUT2D eigenvalue weighted by atomic mass is 9.96. The maximum absolute atomic E-state index is 12.5. The number of carbonyl (C=O) groups excluding carboxylic acids is 2. The first-order chi connectivity index (χ1) is 13.2. The summed E-state index contributed by atoms with van der Waals surface area (Å²) in [6, 6.07) is 16.0. The monoisotopic (exact) mass is 364 g/mol. The molecule has 1 fully saturated rings. The van der Waals surface area contributed by atoms with E-state index in [1.807, 2.05) is 0 Å². The number of benzene rings is 2. The quantitative estimate of drug-likeness (QED) is 0.796. The van der Waals surface area contributed by atoms with Crippen LogP contribution in [-0.2, 0) is 14.3 Å². The van der Waals surface area contributed by atoms with Crippen LogP contribution in [0, 0.1) is 11.3 Å². The summed E-state index contributed by atoms with van der Waals surface area (Å²) in [6.45, 7) is 0.777. The number of carbonyl (C=O) groups is 2. The van der Waals surface area contributed by atoms with Crippen LogP contribution in [0.4, 0.5) is 0 Å². The van der Waals surface area contributed by atoms with Crippen molar-refractivity contribution in [2.24, 2.45) is 0 Å². The molecule has 0 aliphatic carbocycles. The van der Waals surface area contributed by atoms with Gasteiger partial charge in [0.25, 0.3) is 5.91 Å². The molecule has 6 nitrogen and oxygen atoms in total. The van der Waals surface area contributed by atoms with Crippen molar-refractivity contribution in [1.29, 1.82) is 5.26 Å². The van der Waals surface area contributed by atoms with Crippen molar-refractivity contribution < 1.29 is 19.1 Å². The van der Waals surface area contributed by atoms with Crippen molar-refractivity contribution in [1.82, 2.24) is 5.32 Å². The number of hydrogen-bond acceptors (Lipinski definition) is 5. The van der Waals surface area contributed by atoms with Crippen molar-refractivity contribution in [2.75, 3.05) is 19.8 Å². The first kappa shape index (κ1) is 18.6. The van der Waals surface area contributed by atoms with Crippen molar-refractivity contribution >= 4 is 11.9 Å². The molecule has 2 aromatic rings. The van der Waals surface area contributed by atoms with Gasteiger partial charge in [-0.15, -0.1) is 0 Å². The number of nitrogens with zero attached hydrogens (tertiary/aromatic N) is 1. The second-order valence-corrected chi connectivity index (χ2v) is 6.22. The third-order valence-corrected chi connectivity index (χ3v) is 4.37. The van der Waals surface area contributed by atoms with E-state index in [1.165, 1.54) is 0 Å². The van der Waals surface area contributed by atoms with E-state index in [0.29, 0.717) is 28.8 Å². The molecule has 138 valence electrons. The van der Waals surface area contributed by atoms with Gasteiger partial charge in [0.15, 0.2) is 6.61 Å². The van der Waals surface area contributed by atoms with Gasteiger partial charge in [-0.1, -0.05) is 36.4 Å². The average Bonchev–Trinajstić information content (AvgIpc) is 3.24. The van der Waals surface area contributed by atoms with Crippen LogP contribution in [0.25, 0.3) is 11.1 Å². The molecule has 1 saturated heterocycles. The summed E-state index contributed by atoms with van der Waals surface area (Å²) in [6.07, 6.45) is 1.95. The fraction of sp³-hybridized carbons (Fsp3) is 0.286. The Hall–Kier alpha value is -3.17. The van der Waals surface area contributed by atoms with Gasteiger partial charge in [-0.05, 0) is 30.5 Å². The molecule has 0 radical (unpaired) electrons. The molecule has 27 heavy (non-hydrogen) atoms. The number of nitriles is 1. The third-order valence-electron chi connectivity index (χ3n) is 4.37. The Morgan fingerprint density at radius 1 is 1.15 bits per heavy atom. The lowest BCUT2D eigenvalue weighted by Gasteiger charge is -2.12. The second-order valence-electron chi connectivity index (χ2n) is 6.22. The van der Waals surface area contributed by atoms with Crippen molar-refractivity contribution in [3.63, 3.8) is 0 Å². The zero-order chi connectivity index (χ0) is 19.1. The Kier molecular flexibility index (Phi) is 6.18. The van der Waals surface area contributed by atoms with E-state index >= 15 is 0 Å². The molecule has 2 aromatic carbocycles. The molecule has 1 amide bonds. The van der Waals surface area contributed by atoms with Crippen molar-refractivity contribution in [2.45, 2.75) is 18.9 Å². The highest BCUT2D eigenvalue weighted by Gasteiger charge is 2.19. The molecule has 0 aromatic heterocycles. The van der Waals surface area contributed by atoms with Crippen LogP contribution in [0.5, 0.6) is 0 Å². The highest BCUT2D eigenvalue weighted by molar-refractivity contribution is 5.98. The Labute approximate surface area is 157 Å². The first-order valence-electron chi connectivity index (χ1n) is 8.83. The zero-order valence-electron chi connectivity index (χ0n) is 14.8. The fourth-order valence-corrected chi connectivity index (χ4v) is 3.00. The highest BCUT2D eigenvalue weighted by Crippen LogP contribution is 2.27. The van der Waals surface area contributed by atoms with E-state index in [0.717, 1.165) is 19.4 Å². The van der Waals surface area contributed by atoms with E-state index < -0.39 is 5.97 Å². The number of rotatable bonds is 6. The zero-order valence-corrected chi connectivity index (χ0v) is 14.8. The molecule has 1 aliphatic heterocycles. The molecule has 1 heterocycles. The summed E-state index contributed by atoms with van der Waals surface area (Å²) >= 11 is 0. The summed E-state index contributed by atoms with van der Waals surface area (Å²) < 4.78 is 10.6. The van der Waals surface area contributed by atoms with E-state index in [9.17, 15) is 14.9 Å². The van der Waals surface area contributed by atoms with Crippen LogP contribution in [0.3, 0.4) is 0 Å². The largest absolute Gasteiger partial charge is 0.452 e. The van der Waals surface area contributed by atoms with Crippen molar-refractivity contribution in [3.8, 4) is 17.2 Å². The SMILES string of the molecule is N#Cc1ccccc1-c1ccccc1C(=O)OCC(=O)NC[C@@H]1CCCO1. The standard InChI is InChI=1S/C21H20N2O4/c22-12-15-6-1-2-8-17(15)18-9-3-4-10-19(18)21(25)27-14-20(24)23-13-16-7-5-11-26-16/h1-4,6,8-10,16H,5,7,11,13-14H2,(H,23,24)/t16-/m0/s1. The van der Waals surface area contributed by atoms with E-state index in [1.54, 1.807) is 48.5 Å². The second kappa shape index (κ2) is 8.97. The molecule has 3 rings (SSSR count). The average molecular weight is 364 g/mol. The van der Waals surface area contributed by atoms with Crippen molar-refractivity contribution in [3.05, 3.63) is 59.7 Å². The maximum atomic E-state index is 12.5. The highest BCUT2D eigenvalue weighted by atomic mass is 16.5. The predicted molar refractivity (Wildman–Crippen MR) is 98.9 cm³/mol. The van der Waals surface area contributed by atoms with E-state index in [-0.39, 0.29) is 18.6 Å². The maximum Gasteiger partial charge on any atom is 0.339 e. The summed E-state index contributed by atoms with van der Waals surface area (Å²) in [5.41, 5.74) is 2.02. The smallest absolute Gasteiger partial charge is 0.339 e. The number of esters is 1. The van der Waals surface area contributed by atoms with E-state index in [4.69, 9.17) is 9.47 Å². The topological polar surface area (TPSA) is 88.4 Å². The summed E-state index contributed by atoms with van der Waals surface area (Å²) in [5.74, 6) is -0.973. The molecule has 1 aliphatic rings. The minimum absolute atomic E-state index is 0.0351. The van der Waals surface area contributed by atoms with Gasteiger partial charge >= 0.3 is 5.97 Å². The Morgan fingerprint density at radius 2 is 1.89 bits per heavy atom. The number of amides is 1. The molecular weight excluding hydrogens is 344 g/mol. The van der Waals surface area contributed by atoms with E-state index in [2.05, 4.69) is 11.4 Å². The minimum Gasteiger partial charge on any atom is -0.452 e. The van der Waals surface area contributed by atoms with Gasteiger partial charge in [-0.2, -0.15) is 5.26 Å². The van der Waals surface area contributed by atoms with Gasteiger partial charge < -0.3 is 14.8 Å². The fourth-order valence-electron chi connectivity index (χ4n) is 3.00. The number of nitrogens with one attached hydrogen (secondary N) is 1. The van der Waals surface area contributed by atoms with Crippen LogP contribution in [0.15, 0.2) is 48.5 Å². The van der Waals surface area contributed by atoms with Gasteiger partial charge in [-0.3, -0.25) is 4.79 Å². The summed E-state index contributed by atoms with van der Waals surface area (Å²) in [5, 5.41) is 12.0. The molecule has 0 saturated carbocycles. The molecule has 1 atom stereocenters. The van der Waals surface area contributed by atoms with Crippen LogP contribution < -0.4 is 5.32 Å². The molecular formula is C21H20N2O4.